The second kappa shape index (κ2) is 6.14. The Hall–Kier alpha value is -1.57. The van der Waals surface area contributed by atoms with Gasteiger partial charge in [0.15, 0.2) is 5.69 Å². The maximum absolute atomic E-state index is 12.9. The zero-order valence-corrected chi connectivity index (χ0v) is 12.6. The molecule has 2 aliphatic rings. The lowest BCUT2D eigenvalue weighted by Gasteiger charge is -2.17. The van der Waals surface area contributed by atoms with Gasteiger partial charge >= 0.3 is 6.18 Å². The summed E-state index contributed by atoms with van der Waals surface area (Å²) in [6, 6.07) is 0.164. The van der Waals surface area contributed by atoms with Gasteiger partial charge in [0.05, 0.1) is 0 Å². The number of aliphatic hydroxyl groups is 1. The van der Waals surface area contributed by atoms with Crippen LogP contribution in [0.4, 0.5) is 13.2 Å². The molecule has 0 aliphatic heterocycles. The molecule has 0 unspecified atom stereocenters. The number of alkyl halides is 3. The Bertz CT molecular complexity index is 565. The Labute approximate surface area is 131 Å². The van der Waals surface area contributed by atoms with Crippen LogP contribution in [0.1, 0.15) is 36.9 Å². The Kier molecular flexibility index (Phi) is 4.35. The number of carbonyl (C=O) groups is 1. The van der Waals surface area contributed by atoms with Crippen LogP contribution in [-0.4, -0.2) is 33.4 Å². The lowest BCUT2D eigenvalue weighted by molar-refractivity contribution is -0.142. The molecule has 128 valence electrons. The Morgan fingerprint density at radius 1 is 1.35 bits per heavy atom. The molecular formula is C15H20F3N3O2. The highest BCUT2D eigenvalue weighted by molar-refractivity contribution is 5.76. The molecule has 0 saturated heterocycles. The summed E-state index contributed by atoms with van der Waals surface area (Å²) in [4.78, 5) is 12.1. The third kappa shape index (κ3) is 4.04. The van der Waals surface area contributed by atoms with E-state index < -0.39 is 18.5 Å². The third-order valence-corrected chi connectivity index (χ3v) is 4.38. The molecule has 1 aromatic heterocycles. The number of carbonyl (C=O) groups excluding carboxylic acids is 1. The molecule has 0 aromatic carbocycles. The molecule has 1 heterocycles. The molecule has 1 aromatic rings. The average Bonchev–Trinajstić information content (AvgIpc) is 3.35. The van der Waals surface area contributed by atoms with Crippen LogP contribution in [0.15, 0.2) is 6.20 Å². The van der Waals surface area contributed by atoms with Crippen LogP contribution >= 0.6 is 0 Å². The number of aromatic nitrogens is 2. The van der Waals surface area contributed by atoms with Crippen molar-refractivity contribution in [3.8, 4) is 0 Å². The number of hydrogen-bond acceptors (Lipinski definition) is 3. The Morgan fingerprint density at radius 3 is 2.43 bits per heavy atom. The van der Waals surface area contributed by atoms with Crippen LogP contribution in [0.5, 0.6) is 0 Å². The molecule has 2 N–H and O–H groups in total. The van der Waals surface area contributed by atoms with Gasteiger partial charge in [-0.3, -0.25) is 9.48 Å². The van der Waals surface area contributed by atoms with Gasteiger partial charge in [-0.2, -0.15) is 18.3 Å². The highest BCUT2D eigenvalue weighted by Gasteiger charge is 2.42. The Morgan fingerprint density at radius 2 is 1.96 bits per heavy atom. The minimum Gasteiger partial charge on any atom is -0.396 e. The second-order valence-corrected chi connectivity index (χ2v) is 6.44. The van der Waals surface area contributed by atoms with E-state index in [1.807, 2.05) is 0 Å². The number of aliphatic hydroxyl groups excluding tert-OH is 1. The summed E-state index contributed by atoms with van der Waals surface area (Å²) in [5.41, 5.74) is -1.12. The number of nitrogens with one attached hydrogen (secondary N) is 1. The summed E-state index contributed by atoms with van der Waals surface area (Å²) in [5.74, 6) is 0.750. The quantitative estimate of drug-likeness (QED) is 0.800. The van der Waals surface area contributed by atoms with Gasteiger partial charge in [0.1, 0.15) is 6.54 Å². The number of amides is 1. The standard InChI is InChI=1S/C15H20F3N3O2/c16-15(17,18)14-11(5-6-22)7-21(20-14)8-12(23)19-13(9-1-2-9)10-3-4-10/h7,9-10,13,22H,1-6,8H2,(H,19,23). The molecule has 2 fully saturated rings. The molecule has 8 heteroatoms. The molecule has 2 saturated carbocycles. The van der Waals surface area contributed by atoms with E-state index in [9.17, 15) is 18.0 Å². The van der Waals surface area contributed by atoms with E-state index in [0.29, 0.717) is 11.8 Å². The first-order valence-corrected chi connectivity index (χ1v) is 7.92. The van der Waals surface area contributed by atoms with Crippen molar-refractivity contribution in [2.75, 3.05) is 6.61 Å². The lowest BCUT2D eigenvalue weighted by atomic mass is 10.1. The number of hydrogen-bond donors (Lipinski definition) is 2. The van der Waals surface area contributed by atoms with E-state index in [1.54, 1.807) is 0 Å². The maximum atomic E-state index is 12.9. The zero-order chi connectivity index (χ0) is 16.6. The number of halogens is 3. The van der Waals surface area contributed by atoms with Crippen LogP contribution in [0, 0.1) is 11.8 Å². The molecule has 0 radical (unpaired) electrons. The van der Waals surface area contributed by atoms with Crippen molar-refractivity contribution in [3.05, 3.63) is 17.5 Å². The summed E-state index contributed by atoms with van der Waals surface area (Å²) < 4.78 is 39.7. The van der Waals surface area contributed by atoms with Gasteiger partial charge in [-0.05, 0) is 43.9 Å². The van der Waals surface area contributed by atoms with Crippen molar-refractivity contribution in [1.82, 2.24) is 15.1 Å². The van der Waals surface area contributed by atoms with Crippen molar-refractivity contribution in [1.29, 1.82) is 0 Å². The summed E-state index contributed by atoms with van der Waals surface area (Å²) in [6.45, 7) is -0.628. The number of nitrogens with zero attached hydrogens (tertiary/aromatic N) is 2. The van der Waals surface area contributed by atoms with Crippen molar-refractivity contribution < 1.29 is 23.1 Å². The van der Waals surface area contributed by atoms with E-state index in [0.717, 1.165) is 30.4 Å². The van der Waals surface area contributed by atoms with Gasteiger partial charge < -0.3 is 10.4 Å². The molecule has 0 bridgehead atoms. The minimum atomic E-state index is -4.59. The van der Waals surface area contributed by atoms with E-state index in [-0.39, 0.29) is 30.5 Å². The van der Waals surface area contributed by atoms with Crippen LogP contribution in [0.25, 0.3) is 0 Å². The fourth-order valence-corrected chi connectivity index (χ4v) is 3.00. The normalized spacial score (nSPS) is 18.5. The molecule has 3 rings (SSSR count). The van der Waals surface area contributed by atoms with Gasteiger partial charge in [0.25, 0.3) is 0 Å². The fraction of sp³-hybridized carbons (Fsp3) is 0.733. The van der Waals surface area contributed by atoms with Crippen molar-refractivity contribution in [3.63, 3.8) is 0 Å². The van der Waals surface area contributed by atoms with Crippen molar-refractivity contribution in [2.45, 2.75) is 50.9 Å². The van der Waals surface area contributed by atoms with E-state index in [4.69, 9.17) is 5.11 Å². The smallest absolute Gasteiger partial charge is 0.396 e. The molecule has 5 nitrogen and oxygen atoms in total. The first kappa shape index (κ1) is 16.3. The van der Waals surface area contributed by atoms with E-state index >= 15 is 0 Å². The van der Waals surface area contributed by atoms with Crippen LogP contribution in [-0.2, 0) is 23.9 Å². The van der Waals surface area contributed by atoms with Gasteiger partial charge in [0, 0.05) is 24.4 Å². The van der Waals surface area contributed by atoms with Gasteiger partial charge in [-0.1, -0.05) is 0 Å². The van der Waals surface area contributed by atoms with E-state index in [2.05, 4.69) is 10.4 Å². The van der Waals surface area contributed by atoms with Gasteiger partial charge in [-0.25, -0.2) is 0 Å². The second-order valence-electron chi connectivity index (χ2n) is 6.44. The molecule has 0 spiro atoms. The summed E-state index contributed by atoms with van der Waals surface area (Å²) in [6.07, 6.45) is 0.927. The van der Waals surface area contributed by atoms with Gasteiger partial charge in [0.2, 0.25) is 5.91 Å². The monoisotopic (exact) mass is 331 g/mol. The summed E-state index contributed by atoms with van der Waals surface area (Å²) in [5, 5.41) is 15.3. The lowest BCUT2D eigenvalue weighted by Crippen LogP contribution is -2.40. The average molecular weight is 331 g/mol. The summed E-state index contributed by atoms with van der Waals surface area (Å²) in [7, 11) is 0. The minimum absolute atomic E-state index is 0.0891. The predicted molar refractivity (Wildman–Crippen MR) is 75.4 cm³/mol. The maximum Gasteiger partial charge on any atom is 0.435 e. The largest absolute Gasteiger partial charge is 0.435 e. The van der Waals surface area contributed by atoms with Crippen LogP contribution in [0.3, 0.4) is 0 Å². The SMILES string of the molecule is O=C(Cn1cc(CCO)c(C(F)(F)F)n1)NC(C1CC1)C1CC1. The molecule has 2 aliphatic carbocycles. The summed E-state index contributed by atoms with van der Waals surface area (Å²) >= 11 is 0. The van der Waals surface area contributed by atoms with Crippen molar-refractivity contribution in [2.24, 2.45) is 11.8 Å². The number of rotatable bonds is 7. The highest BCUT2D eigenvalue weighted by Crippen LogP contribution is 2.44. The first-order valence-electron chi connectivity index (χ1n) is 7.92. The third-order valence-electron chi connectivity index (χ3n) is 4.38. The predicted octanol–water partition coefficient (Wildman–Crippen LogP) is 1.74. The molecular weight excluding hydrogens is 311 g/mol. The van der Waals surface area contributed by atoms with Crippen LogP contribution < -0.4 is 5.32 Å². The van der Waals surface area contributed by atoms with Gasteiger partial charge in [-0.15, -0.1) is 0 Å². The molecule has 23 heavy (non-hydrogen) atoms. The van der Waals surface area contributed by atoms with Crippen molar-refractivity contribution >= 4 is 5.91 Å². The molecule has 1 amide bonds. The Balaban J connectivity index is 1.65. The zero-order valence-electron chi connectivity index (χ0n) is 12.6. The fourth-order valence-electron chi connectivity index (χ4n) is 3.00. The topological polar surface area (TPSA) is 67.2 Å². The highest BCUT2D eigenvalue weighted by atomic mass is 19.4. The molecule has 0 atom stereocenters. The first-order chi connectivity index (χ1) is 10.9. The van der Waals surface area contributed by atoms with Crippen LogP contribution in [0.2, 0.25) is 0 Å². The van der Waals surface area contributed by atoms with E-state index in [1.165, 1.54) is 6.20 Å².